The van der Waals surface area contributed by atoms with E-state index in [1.807, 2.05) is 13.8 Å². The van der Waals surface area contributed by atoms with E-state index in [-0.39, 0.29) is 30.8 Å². The van der Waals surface area contributed by atoms with E-state index in [4.69, 9.17) is 10.5 Å². The molecule has 0 saturated heterocycles. The Balaban J connectivity index is 3.64. The number of ether oxygens (including phenoxy) is 1. The van der Waals surface area contributed by atoms with Crippen molar-refractivity contribution in [1.29, 1.82) is 0 Å². The lowest BCUT2D eigenvalue weighted by Crippen LogP contribution is -2.45. The smallest absolute Gasteiger partial charge is 0.237 e. The number of sulfone groups is 1. The third-order valence-corrected chi connectivity index (χ3v) is 3.61. The van der Waals surface area contributed by atoms with Gasteiger partial charge < -0.3 is 15.8 Å². The number of nitrogens with one attached hydrogen (secondary N) is 1. The molecule has 18 heavy (non-hydrogen) atoms. The van der Waals surface area contributed by atoms with Crippen LogP contribution in [0.15, 0.2) is 0 Å². The van der Waals surface area contributed by atoms with Gasteiger partial charge in [0.05, 0.1) is 25.0 Å². The normalized spacial score (nSPS) is 15.1. The molecule has 0 aliphatic heterocycles. The van der Waals surface area contributed by atoms with E-state index < -0.39 is 15.9 Å². The Morgan fingerprint density at radius 3 is 2.50 bits per heavy atom. The molecule has 0 spiro atoms. The summed E-state index contributed by atoms with van der Waals surface area (Å²) in [5.74, 6) is -0.0694. The Morgan fingerprint density at radius 1 is 1.39 bits per heavy atom. The summed E-state index contributed by atoms with van der Waals surface area (Å²) in [7, 11) is -2.99. The molecule has 3 N–H and O–H groups in total. The van der Waals surface area contributed by atoms with Gasteiger partial charge in [-0.05, 0) is 5.92 Å². The highest BCUT2D eigenvalue weighted by Crippen LogP contribution is 2.04. The van der Waals surface area contributed by atoms with E-state index in [0.717, 1.165) is 12.7 Å². The molecule has 0 rings (SSSR count). The number of amides is 1. The Morgan fingerprint density at radius 2 is 2.00 bits per heavy atom. The maximum atomic E-state index is 11.5. The standard InChI is InChI=1S/C11H24N2O4S/c1-4-9(2)10(12)11(14)13-5-6-17-7-8-18(3,15)16/h9-10H,4-8,12H2,1-3H3,(H,13,14). The van der Waals surface area contributed by atoms with Crippen molar-refractivity contribution < 1.29 is 17.9 Å². The van der Waals surface area contributed by atoms with E-state index in [1.165, 1.54) is 0 Å². The molecule has 0 aliphatic rings. The fourth-order valence-electron chi connectivity index (χ4n) is 1.19. The van der Waals surface area contributed by atoms with Crippen LogP contribution in [-0.2, 0) is 19.4 Å². The van der Waals surface area contributed by atoms with E-state index in [1.54, 1.807) is 0 Å². The molecule has 0 aromatic heterocycles. The Kier molecular flexibility index (Phi) is 8.13. The Labute approximate surface area is 109 Å². The highest BCUT2D eigenvalue weighted by atomic mass is 32.2. The van der Waals surface area contributed by atoms with Crippen LogP contribution in [0.4, 0.5) is 0 Å². The second-order valence-electron chi connectivity index (χ2n) is 4.44. The van der Waals surface area contributed by atoms with Gasteiger partial charge in [0.2, 0.25) is 5.91 Å². The van der Waals surface area contributed by atoms with Gasteiger partial charge in [-0.3, -0.25) is 4.79 Å². The third kappa shape index (κ3) is 8.43. The van der Waals surface area contributed by atoms with Gasteiger partial charge in [0.25, 0.3) is 0 Å². The van der Waals surface area contributed by atoms with Gasteiger partial charge in [0.15, 0.2) is 0 Å². The van der Waals surface area contributed by atoms with Crippen molar-refractivity contribution in [2.75, 3.05) is 31.8 Å². The molecule has 6 nitrogen and oxygen atoms in total. The number of carbonyl (C=O) groups excluding carboxylic acids is 1. The summed E-state index contributed by atoms with van der Waals surface area (Å²) in [5, 5.41) is 2.66. The summed E-state index contributed by atoms with van der Waals surface area (Å²) in [6, 6.07) is -0.508. The molecule has 108 valence electrons. The van der Waals surface area contributed by atoms with Crippen LogP contribution in [0.5, 0.6) is 0 Å². The molecule has 7 heteroatoms. The number of carbonyl (C=O) groups is 1. The molecule has 0 heterocycles. The first-order chi connectivity index (χ1) is 8.28. The first-order valence-electron chi connectivity index (χ1n) is 6.06. The summed E-state index contributed by atoms with van der Waals surface area (Å²) in [5.41, 5.74) is 5.74. The second-order valence-corrected chi connectivity index (χ2v) is 6.70. The van der Waals surface area contributed by atoms with Gasteiger partial charge in [-0.1, -0.05) is 20.3 Å². The summed E-state index contributed by atoms with van der Waals surface area (Å²) >= 11 is 0. The SMILES string of the molecule is CCC(C)C(N)C(=O)NCCOCCS(C)(=O)=O. The van der Waals surface area contributed by atoms with Crippen LogP contribution in [0, 0.1) is 5.92 Å². The summed E-state index contributed by atoms with van der Waals surface area (Å²) in [6.07, 6.45) is 2.00. The predicted octanol–water partition coefficient (Wildman–Crippen LogP) is -0.463. The molecular weight excluding hydrogens is 256 g/mol. The molecule has 0 fully saturated rings. The minimum Gasteiger partial charge on any atom is -0.379 e. The van der Waals surface area contributed by atoms with E-state index in [9.17, 15) is 13.2 Å². The van der Waals surface area contributed by atoms with Crippen molar-refractivity contribution in [2.24, 2.45) is 11.7 Å². The maximum Gasteiger partial charge on any atom is 0.237 e. The number of rotatable bonds is 9. The highest BCUT2D eigenvalue weighted by Gasteiger charge is 2.18. The Bertz CT molecular complexity index is 343. The minimum atomic E-state index is -2.99. The first kappa shape index (κ1) is 17.3. The molecular formula is C11H24N2O4S. The maximum absolute atomic E-state index is 11.5. The van der Waals surface area contributed by atoms with Gasteiger partial charge >= 0.3 is 0 Å². The van der Waals surface area contributed by atoms with Crippen LogP contribution < -0.4 is 11.1 Å². The van der Waals surface area contributed by atoms with Crippen LogP contribution in [0.3, 0.4) is 0 Å². The van der Waals surface area contributed by atoms with E-state index in [0.29, 0.717) is 6.54 Å². The lowest BCUT2D eigenvalue weighted by Gasteiger charge is -2.17. The topological polar surface area (TPSA) is 98.5 Å². The van der Waals surface area contributed by atoms with E-state index in [2.05, 4.69) is 5.32 Å². The largest absolute Gasteiger partial charge is 0.379 e. The molecule has 0 aliphatic carbocycles. The lowest BCUT2D eigenvalue weighted by molar-refractivity contribution is -0.123. The van der Waals surface area contributed by atoms with Gasteiger partial charge in [0.1, 0.15) is 9.84 Å². The molecule has 2 unspecified atom stereocenters. The van der Waals surface area contributed by atoms with Crippen LogP contribution in [-0.4, -0.2) is 52.1 Å². The number of nitrogens with two attached hydrogens (primary N) is 1. The van der Waals surface area contributed by atoms with Gasteiger partial charge in [-0.15, -0.1) is 0 Å². The number of hydrogen-bond acceptors (Lipinski definition) is 5. The molecule has 0 aromatic rings. The molecule has 2 atom stereocenters. The van der Waals surface area contributed by atoms with Crippen molar-refractivity contribution in [3.05, 3.63) is 0 Å². The molecule has 1 amide bonds. The Hall–Kier alpha value is -0.660. The van der Waals surface area contributed by atoms with Crippen molar-refractivity contribution in [3.63, 3.8) is 0 Å². The van der Waals surface area contributed by atoms with Crippen molar-refractivity contribution >= 4 is 15.7 Å². The molecule has 0 aromatic carbocycles. The van der Waals surface area contributed by atoms with Crippen molar-refractivity contribution in [1.82, 2.24) is 5.32 Å². The summed E-state index contributed by atoms with van der Waals surface area (Å²) in [4.78, 5) is 11.5. The molecule has 0 bridgehead atoms. The monoisotopic (exact) mass is 280 g/mol. The first-order valence-corrected chi connectivity index (χ1v) is 8.12. The van der Waals surface area contributed by atoms with Gasteiger partial charge in [0, 0.05) is 12.8 Å². The summed E-state index contributed by atoms with van der Waals surface area (Å²) < 4.78 is 26.7. The van der Waals surface area contributed by atoms with Gasteiger partial charge in [-0.2, -0.15) is 0 Å². The number of hydrogen-bond donors (Lipinski definition) is 2. The van der Waals surface area contributed by atoms with Crippen LogP contribution in [0.1, 0.15) is 20.3 Å². The van der Waals surface area contributed by atoms with Gasteiger partial charge in [-0.25, -0.2) is 8.42 Å². The fraction of sp³-hybridized carbons (Fsp3) is 0.909. The molecule has 0 saturated carbocycles. The third-order valence-electron chi connectivity index (χ3n) is 2.70. The predicted molar refractivity (Wildman–Crippen MR) is 71.0 cm³/mol. The van der Waals surface area contributed by atoms with Crippen LogP contribution in [0.25, 0.3) is 0 Å². The zero-order chi connectivity index (χ0) is 14.2. The van der Waals surface area contributed by atoms with Crippen molar-refractivity contribution in [3.8, 4) is 0 Å². The van der Waals surface area contributed by atoms with Crippen LogP contribution in [0.2, 0.25) is 0 Å². The van der Waals surface area contributed by atoms with Crippen LogP contribution >= 0.6 is 0 Å². The fourth-order valence-corrected chi connectivity index (χ4v) is 1.61. The second kappa shape index (κ2) is 8.44. The highest BCUT2D eigenvalue weighted by molar-refractivity contribution is 7.90. The van der Waals surface area contributed by atoms with E-state index >= 15 is 0 Å². The average molecular weight is 280 g/mol. The minimum absolute atomic E-state index is 0.00662. The lowest BCUT2D eigenvalue weighted by atomic mass is 9.99. The zero-order valence-electron chi connectivity index (χ0n) is 11.3. The zero-order valence-corrected chi connectivity index (χ0v) is 12.1. The molecule has 0 radical (unpaired) electrons. The van der Waals surface area contributed by atoms with Crippen molar-refractivity contribution in [2.45, 2.75) is 26.3 Å². The summed E-state index contributed by atoms with van der Waals surface area (Å²) in [6.45, 7) is 4.67. The average Bonchev–Trinajstić information content (AvgIpc) is 2.29. The quantitative estimate of drug-likeness (QED) is 0.557.